The molecule has 0 spiro atoms. The number of aliphatic carboxylic acids is 1. The average Bonchev–Trinajstić information content (AvgIpc) is 2.67. The van der Waals surface area contributed by atoms with Gasteiger partial charge in [0.1, 0.15) is 0 Å². The van der Waals surface area contributed by atoms with E-state index in [4.69, 9.17) is 5.11 Å². The van der Waals surface area contributed by atoms with E-state index in [1.54, 1.807) is 11.8 Å². The Labute approximate surface area is 107 Å². The molecule has 0 radical (unpaired) electrons. The minimum Gasteiger partial charge on any atom is -0.481 e. The Kier molecular flexibility index (Phi) is 5.31. The van der Waals surface area contributed by atoms with Gasteiger partial charge in [0.2, 0.25) is 5.91 Å². The van der Waals surface area contributed by atoms with E-state index in [9.17, 15) is 9.59 Å². The summed E-state index contributed by atoms with van der Waals surface area (Å²) in [4.78, 5) is 23.0. The van der Waals surface area contributed by atoms with Gasteiger partial charge in [0.05, 0.1) is 11.8 Å². The van der Waals surface area contributed by atoms with Gasteiger partial charge in [-0.1, -0.05) is 13.8 Å². The van der Waals surface area contributed by atoms with E-state index in [-0.39, 0.29) is 11.8 Å². The molecule has 0 heterocycles. The third-order valence-corrected chi connectivity index (χ3v) is 4.39. The van der Waals surface area contributed by atoms with Crippen LogP contribution in [0.5, 0.6) is 0 Å². The molecule has 4 nitrogen and oxygen atoms in total. The molecule has 1 aliphatic carbocycles. The number of amides is 1. The highest BCUT2D eigenvalue weighted by atomic mass is 32.2. The molecule has 0 aromatic rings. The Hall–Kier alpha value is -0.710. The molecule has 2 unspecified atom stereocenters. The predicted octanol–water partition coefficient (Wildman–Crippen LogP) is 1.60. The molecule has 1 fully saturated rings. The van der Waals surface area contributed by atoms with E-state index in [1.807, 2.05) is 20.1 Å². The van der Waals surface area contributed by atoms with Crippen molar-refractivity contribution in [3.05, 3.63) is 0 Å². The zero-order chi connectivity index (χ0) is 13.0. The number of rotatable bonds is 5. The van der Waals surface area contributed by atoms with Crippen molar-refractivity contribution in [2.75, 3.05) is 12.8 Å². The Morgan fingerprint density at radius 1 is 1.41 bits per heavy atom. The van der Waals surface area contributed by atoms with Gasteiger partial charge in [-0.2, -0.15) is 11.8 Å². The second kappa shape index (κ2) is 6.28. The Bertz CT molecular complexity index is 295. The van der Waals surface area contributed by atoms with E-state index in [2.05, 4.69) is 5.32 Å². The molecule has 0 bridgehead atoms. The molecular formula is C12H21NO3S. The van der Waals surface area contributed by atoms with Crippen molar-refractivity contribution in [2.45, 2.75) is 31.9 Å². The van der Waals surface area contributed by atoms with Crippen LogP contribution in [0.1, 0.15) is 26.7 Å². The number of carboxylic acids is 1. The molecule has 2 N–H and O–H groups in total. The first-order valence-electron chi connectivity index (χ1n) is 5.99. The van der Waals surface area contributed by atoms with Crippen LogP contribution in [0, 0.1) is 17.8 Å². The summed E-state index contributed by atoms with van der Waals surface area (Å²) in [5.74, 6) is -1.47. The van der Waals surface area contributed by atoms with Gasteiger partial charge in [0, 0.05) is 11.8 Å². The summed E-state index contributed by atoms with van der Waals surface area (Å²) >= 11 is 1.69. The van der Waals surface area contributed by atoms with E-state index >= 15 is 0 Å². The molecule has 1 saturated carbocycles. The fourth-order valence-electron chi connectivity index (χ4n) is 2.31. The van der Waals surface area contributed by atoms with Gasteiger partial charge in [0.15, 0.2) is 0 Å². The number of carboxylic acid groups (broad SMARTS) is 1. The predicted molar refractivity (Wildman–Crippen MR) is 69.0 cm³/mol. The van der Waals surface area contributed by atoms with E-state index in [0.29, 0.717) is 30.6 Å². The Morgan fingerprint density at radius 2 is 2.00 bits per heavy atom. The number of hydrogen-bond acceptors (Lipinski definition) is 3. The molecule has 0 aromatic carbocycles. The number of hydrogen-bond donors (Lipinski definition) is 2. The first kappa shape index (κ1) is 14.4. The molecule has 1 amide bonds. The van der Waals surface area contributed by atoms with Gasteiger partial charge in [-0.05, 0) is 25.0 Å². The number of nitrogens with one attached hydrogen (secondary N) is 1. The third-order valence-electron chi connectivity index (χ3n) is 3.42. The lowest BCUT2D eigenvalue weighted by Crippen LogP contribution is -2.37. The molecule has 17 heavy (non-hydrogen) atoms. The lowest BCUT2D eigenvalue weighted by Gasteiger charge is -2.17. The lowest BCUT2D eigenvalue weighted by molar-refractivity contribution is -0.146. The molecule has 0 aliphatic heterocycles. The summed E-state index contributed by atoms with van der Waals surface area (Å²) < 4.78 is 0. The number of carbonyl (C=O) groups is 2. The summed E-state index contributed by atoms with van der Waals surface area (Å²) in [7, 11) is 0. The Morgan fingerprint density at radius 3 is 2.53 bits per heavy atom. The van der Waals surface area contributed by atoms with Crippen molar-refractivity contribution in [1.29, 1.82) is 0 Å². The monoisotopic (exact) mass is 259 g/mol. The van der Waals surface area contributed by atoms with Crippen molar-refractivity contribution in [2.24, 2.45) is 17.8 Å². The van der Waals surface area contributed by atoms with Gasteiger partial charge in [-0.25, -0.2) is 0 Å². The van der Waals surface area contributed by atoms with Gasteiger partial charge in [-0.15, -0.1) is 0 Å². The van der Waals surface area contributed by atoms with Crippen LogP contribution < -0.4 is 5.32 Å². The maximum atomic E-state index is 11.9. The van der Waals surface area contributed by atoms with E-state index in [0.717, 1.165) is 0 Å². The molecule has 5 heteroatoms. The first-order chi connectivity index (χ1) is 7.95. The smallest absolute Gasteiger partial charge is 0.307 e. The zero-order valence-electron chi connectivity index (χ0n) is 10.6. The van der Waals surface area contributed by atoms with Crippen molar-refractivity contribution in [1.82, 2.24) is 5.32 Å². The topological polar surface area (TPSA) is 66.4 Å². The van der Waals surface area contributed by atoms with Crippen LogP contribution in [-0.2, 0) is 9.59 Å². The number of thioether (sulfide) groups is 1. The highest BCUT2D eigenvalue weighted by molar-refractivity contribution is 7.99. The normalized spacial score (nSPS) is 29.9. The third kappa shape index (κ3) is 3.91. The maximum absolute atomic E-state index is 11.9. The van der Waals surface area contributed by atoms with E-state index < -0.39 is 11.9 Å². The molecular weight excluding hydrogens is 238 g/mol. The van der Waals surface area contributed by atoms with Crippen molar-refractivity contribution in [3.63, 3.8) is 0 Å². The summed E-state index contributed by atoms with van der Waals surface area (Å²) in [6, 6.07) is 0. The maximum Gasteiger partial charge on any atom is 0.307 e. The van der Waals surface area contributed by atoms with Gasteiger partial charge in [-0.3, -0.25) is 9.59 Å². The largest absolute Gasteiger partial charge is 0.481 e. The van der Waals surface area contributed by atoms with Crippen molar-refractivity contribution < 1.29 is 14.7 Å². The van der Waals surface area contributed by atoms with E-state index in [1.165, 1.54) is 0 Å². The lowest BCUT2D eigenvalue weighted by atomic mass is 9.95. The summed E-state index contributed by atoms with van der Waals surface area (Å²) in [6.07, 6.45) is 3.30. The Balaban J connectivity index is 2.52. The molecule has 98 valence electrons. The van der Waals surface area contributed by atoms with Gasteiger partial charge >= 0.3 is 5.97 Å². The van der Waals surface area contributed by atoms with Crippen LogP contribution in [0.3, 0.4) is 0 Å². The summed E-state index contributed by atoms with van der Waals surface area (Å²) in [5.41, 5.74) is 0. The molecule has 4 atom stereocenters. The van der Waals surface area contributed by atoms with Gasteiger partial charge < -0.3 is 10.4 Å². The molecule has 0 saturated heterocycles. The fourth-order valence-corrected chi connectivity index (χ4v) is 2.56. The van der Waals surface area contributed by atoms with Crippen LogP contribution in [0.15, 0.2) is 0 Å². The van der Waals surface area contributed by atoms with Gasteiger partial charge in [0.25, 0.3) is 0 Å². The average molecular weight is 259 g/mol. The second-order valence-corrected chi connectivity index (χ2v) is 6.20. The molecule has 1 aliphatic rings. The standard InChI is InChI=1S/C12H21NO3S/c1-7-4-9(10(5-7)12(15)16)11(14)13-6-8(2)17-3/h7-10H,4-6H2,1-3H3,(H,13,14)(H,15,16)/t7?,8?,9-,10+/m0/s1. The highest BCUT2D eigenvalue weighted by Crippen LogP contribution is 2.36. The summed E-state index contributed by atoms with van der Waals surface area (Å²) in [6.45, 7) is 4.65. The highest BCUT2D eigenvalue weighted by Gasteiger charge is 2.41. The fraction of sp³-hybridized carbons (Fsp3) is 0.833. The van der Waals surface area contributed by atoms with Crippen LogP contribution in [0.4, 0.5) is 0 Å². The molecule has 1 rings (SSSR count). The quantitative estimate of drug-likeness (QED) is 0.787. The van der Waals surface area contributed by atoms with Crippen LogP contribution in [-0.4, -0.2) is 35.0 Å². The minimum atomic E-state index is -0.840. The SMILES string of the molecule is CSC(C)CNC(=O)[C@H]1CC(C)C[C@H]1C(=O)O. The van der Waals surface area contributed by atoms with Crippen molar-refractivity contribution >= 4 is 23.6 Å². The zero-order valence-corrected chi connectivity index (χ0v) is 11.4. The summed E-state index contributed by atoms with van der Waals surface area (Å²) in [5, 5.41) is 12.3. The van der Waals surface area contributed by atoms with Crippen LogP contribution in [0.25, 0.3) is 0 Å². The minimum absolute atomic E-state index is 0.0948. The first-order valence-corrected chi connectivity index (χ1v) is 7.27. The van der Waals surface area contributed by atoms with Crippen molar-refractivity contribution in [3.8, 4) is 0 Å². The second-order valence-electron chi connectivity index (χ2n) is 4.92. The van der Waals surface area contributed by atoms with Crippen LogP contribution >= 0.6 is 11.8 Å². The molecule has 0 aromatic heterocycles. The van der Waals surface area contributed by atoms with Crippen LogP contribution in [0.2, 0.25) is 0 Å². The number of carbonyl (C=O) groups excluding carboxylic acids is 1.